The molecule has 14 heavy (non-hydrogen) atoms. The summed E-state index contributed by atoms with van der Waals surface area (Å²) in [6, 6.07) is 12.3. The average Bonchev–Trinajstić information content (AvgIpc) is 2.67. The van der Waals surface area contributed by atoms with E-state index in [1.807, 2.05) is 24.4 Å². The number of aromatic amines is 1. The smallest absolute Gasteiger partial charge is 0.101 e. The Kier molecular flexibility index (Phi) is 2.33. The van der Waals surface area contributed by atoms with E-state index in [2.05, 4.69) is 23.2 Å². The Hall–Kier alpha value is -2.01. The normalized spacial score (nSPS) is 9.64. The first-order valence-electron chi connectivity index (χ1n) is 4.50. The zero-order valence-electron chi connectivity index (χ0n) is 7.70. The highest BCUT2D eigenvalue weighted by Crippen LogP contribution is 2.12. The molecule has 1 heterocycles. The van der Waals surface area contributed by atoms with E-state index in [1.54, 1.807) is 6.20 Å². The van der Waals surface area contributed by atoms with E-state index in [4.69, 9.17) is 5.26 Å². The highest BCUT2D eigenvalue weighted by Gasteiger charge is 2.02. The number of nitrogens with zero attached hydrogens (tertiary/aromatic N) is 1. The Morgan fingerprint density at radius 3 is 2.64 bits per heavy atom. The van der Waals surface area contributed by atoms with Crippen LogP contribution in [0.3, 0.4) is 0 Å². The SMILES string of the molecule is N#Cc1c[nH]cc1Cc1ccccc1. The molecule has 0 unspecified atom stereocenters. The van der Waals surface area contributed by atoms with E-state index in [0.29, 0.717) is 0 Å². The minimum atomic E-state index is 0.730. The third kappa shape index (κ3) is 1.67. The lowest BCUT2D eigenvalue weighted by Crippen LogP contribution is -1.87. The van der Waals surface area contributed by atoms with Crippen molar-refractivity contribution in [1.82, 2.24) is 4.98 Å². The van der Waals surface area contributed by atoms with Crippen molar-refractivity contribution in [3.8, 4) is 6.07 Å². The molecule has 0 amide bonds. The molecule has 1 aromatic heterocycles. The van der Waals surface area contributed by atoms with Gasteiger partial charge in [0, 0.05) is 18.8 Å². The van der Waals surface area contributed by atoms with Crippen molar-refractivity contribution in [2.75, 3.05) is 0 Å². The van der Waals surface area contributed by atoms with Gasteiger partial charge in [-0.25, -0.2) is 0 Å². The fourth-order valence-electron chi connectivity index (χ4n) is 1.46. The minimum absolute atomic E-state index is 0.730. The molecule has 0 aliphatic rings. The number of benzene rings is 1. The van der Waals surface area contributed by atoms with E-state index in [-0.39, 0.29) is 0 Å². The van der Waals surface area contributed by atoms with Gasteiger partial charge < -0.3 is 4.98 Å². The van der Waals surface area contributed by atoms with Crippen LogP contribution in [0, 0.1) is 11.3 Å². The molecule has 68 valence electrons. The third-order valence-corrected chi connectivity index (χ3v) is 2.19. The number of H-pyrrole nitrogens is 1. The lowest BCUT2D eigenvalue weighted by atomic mass is 10.1. The summed E-state index contributed by atoms with van der Waals surface area (Å²) < 4.78 is 0. The predicted molar refractivity (Wildman–Crippen MR) is 54.8 cm³/mol. The van der Waals surface area contributed by atoms with Gasteiger partial charge in [-0.1, -0.05) is 30.3 Å². The first kappa shape index (κ1) is 8.58. The summed E-state index contributed by atoms with van der Waals surface area (Å²) in [5.41, 5.74) is 3.01. The molecule has 0 saturated carbocycles. The lowest BCUT2D eigenvalue weighted by molar-refractivity contribution is 1.19. The van der Waals surface area contributed by atoms with Crippen LogP contribution >= 0.6 is 0 Å². The van der Waals surface area contributed by atoms with Gasteiger partial charge in [0.15, 0.2) is 0 Å². The summed E-state index contributed by atoms with van der Waals surface area (Å²) in [5, 5.41) is 8.82. The molecule has 0 atom stereocenters. The summed E-state index contributed by atoms with van der Waals surface area (Å²) in [6.45, 7) is 0. The zero-order valence-corrected chi connectivity index (χ0v) is 7.70. The van der Waals surface area contributed by atoms with E-state index in [9.17, 15) is 0 Å². The maximum absolute atomic E-state index is 8.82. The highest BCUT2D eigenvalue weighted by molar-refractivity contribution is 5.38. The molecule has 0 aliphatic carbocycles. The number of nitrogens with one attached hydrogen (secondary N) is 1. The molecule has 0 saturated heterocycles. The van der Waals surface area contributed by atoms with Crippen LogP contribution in [0.15, 0.2) is 42.7 Å². The molecule has 1 N–H and O–H groups in total. The van der Waals surface area contributed by atoms with Gasteiger partial charge in [0.05, 0.1) is 5.56 Å². The monoisotopic (exact) mass is 182 g/mol. The molecule has 1 aromatic carbocycles. The van der Waals surface area contributed by atoms with Crippen molar-refractivity contribution in [2.24, 2.45) is 0 Å². The standard InChI is InChI=1S/C12H10N2/c13-7-12-9-14-8-11(12)6-10-4-2-1-3-5-10/h1-5,8-9,14H,6H2. The predicted octanol–water partition coefficient (Wildman–Crippen LogP) is 2.48. The summed E-state index contributed by atoms with van der Waals surface area (Å²) in [7, 11) is 0. The van der Waals surface area contributed by atoms with Crippen molar-refractivity contribution < 1.29 is 0 Å². The van der Waals surface area contributed by atoms with Crippen molar-refractivity contribution in [3.05, 3.63) is 59.4 Å². The Morgan fingerprint density at radius 1 is 1.14 bits per heavy atom. The number of nitriles is 1. The molecule has 2 rings (SSSR count). The Bertz CT molecular complexity index is 449. The van der Waals surface area contributed by atoms with Gasteiger partial charge in [0.2, 0.25) is 0 Å². The van der Waals surface area contributed by atoms with Crippen LogP contribution in [-0.4, -0.2) is 4.98 Å². The topological polar surface area (TPSA) is 39.6 Å². The molecule has 2 heteroatoms. The second kappa shape index (κ2) is 3.80. The highest BCUT2D eigenvalue weighted by atomic mass is 14.6. The Balaban J connectivity index is 2.24. The van der Waals surface area contributed by atoms with Gasteiger partial charge >= 0.3 is 0 Å². The first-order valence-corrected chi connectivity index (χ1v) is 4.50. The van der Waals surface area contributed by atoms with Crippen LogP contribution in [0.2, 0.25) is 0 Å². The summed E-state index contributed by atoms with van der Waals surface area (Å²) in [5.74, 6) is 0. The van der Waals surface area contributed by atoms with Gasteiger partial charge in [-0.2, -0.15) is 5.26 Å². The average molecular weight is 182 g/mol. The van der Waals surface area contributed by atoms with Crippen LogP contribution in [0.4, 0.5) is 0 Å². The largest absolute Gasteiger partial charge is 0.366 e. The molecule has 0 bridgehead atoms. The van der Waals surface area contributed by atoms with Crippen molar-refractivity contribution in [3.63, 3.8) is 0 Å². The van der Waals surface area contributed by atoms with Gasteiger partial charge in [0.1, 0.15) is 6.07 Å². The number of hydrogen-bond acceptors (Lipinski definition) is 1. The zero-order chi connectivity index (χ0) is 9.80. The van der Waals surface area contributed by atoms with Crippen molar-refractivity contribution in [1.29, 1.82) is 5.26 Å². The van der Waals surface area contributed by atoms with Crippen molar-refractivity contribution >= 4 is 0 Å². The molecule has 0 aliphatic heterocycles. The quantitative estimate of drug-likeness (QED) is 0.761. The van der Waals surface area contributed by atoms with E-state index in [0.717, 1.165) is 17.5 Å². The van der Waals surface area contributed by atoms with Crippen LogP contribution in [-0.2, 0) is 6.42 Å². The van der Waals surface area contributed by atoms with Crippen molar-refractivity contribution in [2.45, 2.75) is 6.42 Å². The molecular weight excluding hydrogens is 172 g/mol. The second-order valence-corrected chi connectivity index (χ2v) is 3.17. The summed E-state index contributed by atoms with van der Waals surface area (Å²) >= 11 is 0. The minimum Gasteiger partial charge on any atom is -0.366 e. The maximum atomic E-state index is 8.82. The first-order chi connectivity index (χ1) is 6.90. The third-order valence-electron chi connectivity index (χ3n) is 2.19. The second-order valence-electron chi connectivity index (χ2n) is 3.17. The summed E-state index contributed by atoms with van der Waals surface area (Å²) in [6.07, 6.45) is 4.43. The maximum Gasteiger partial charge on any atom is 0.101 e. The fourth-order valence-corrected chi connectivity index (χ4v) is 1.46. The van der Waals surface area contributed by atoms with E-state index < -0.39 is 0 Å². The van der Waals surface area contributed by atoms with Gasteiger partial charge in [-0.15, -0.1) is 0 Å². The van der Waals surface area contributed by atoms with Crippen LogP contribution in [0.25, 0.3) is 0 Å². The van der Waals surface area contributed by atoms with Gasteiger partial charge in [-0.05, 0) is 11.1 Å². The lowest BCUT2D eigenvalue weighted by Gasteiger charge is -1.98. The molecule has 2 nitrogen and oxygen atoms in total. The van der Waals surface area contributed by atoms with Crippen LogP contribution in [0.1, 0.15) is 16.7 Å². The van der Waals surface area contributed by atoms with E-state index >= 15 is 0 Å². The molecule has 0 fully saturated rings. The van der Waals surface area contributed by atoms with E-state index in [1.165, 1.54) is 5.56 Å². The van der Waals surface area contributed by atoms with Crippen LogP contribution in [0.5, 0.6) is 0 Å². The number of aromatic nitrogens is 1. The fraction of sp³-hybridized carbons (Fsp3) is 0.0833. The Morgan fingerprint density at radius 2 is 1.93 bits per heavy atom. The van der Waals surface area contributed by atoms with Gasteiger partial charge in [-0.3, -0.25) is 0 Å². The van der Waals surface area contributed by atoms with Crippen LogP contribution < -0.4 is 0 Å². The number of hydrogen-bond donors (Lipinski definition) is 1. The molecular formula is C12H10N2. The molecule has 0 spiro atoms. The number of rotatable bonds is 2. The molecule has 0 radical (unpaired) electrons. The summed E-state index contributed by atoms with van der Waals surface area (Å²) in [4.78, 5) is 2.95. The van der Waals surface area contributed by atoms with Gasteiger partial charge in [0.25, 0.3) is 0 Å². The Labute approximate surface area is 82.8 Å². The molecule has 2 aromatic rings.